The van der Waals surface area contributed by atoms with Gasteiger partial charge in [0.2, 0.25) is 5.82 Å². The van der Waals surface area contributed by atoms with Crippen molar-refractivity contribution in [1.82, 2.24) is 20.1 Å². The van der Waals surface area contributed by atoms with E-state index in [1.807, 2.05) is 76.4 Å². The Morgan fingerprint density at radius 1 is 0.827 bits per heavy atom. The lowest BCUT2D eigenvalue weighted by atomic mass is 10.1. The summed E-state index contributed by atoms with van der Waals surface area (Å²) in [5.41, 5.74) is 9.86. The number of H-pyrrole nitrogens is 2. The van der Waals surface area contributed by atoms with E-state index in [1.54, 1.807) is 48.7 Å². The first-order valence-corrected chi connectivity index (χ1v) is 16.8. The van der Waals surface area contributed by atoms with Crippen molar-refractivity contribution in [2.45, 2.75) is 39.9 Å². The number of carbonyl (C=O) groups is 1. The number of nitrogens with zero attached hydrogens (tertiary/aromatic N) is 3. The molecule has 52 heavy (non-hydrogen) atoms. The first kappa shape index (κ1) is 37.3. The summed E-state index contributed by atoms with van der Waals surface area (Å²) in [5.74, 6) is 1.31. The zero-order valence-corrected chi connectivity index (χ0v) is 30.1. The lowest BCUT2D eigenvalue weighted by Gasteiger charge is -2.11. The molecular weight excluding hydrogens is 707 g/mol. The minimum Gasteiger partial charge on any atom is -0.489 e. The molecule has 7 rings (SSSR count). The van der Waals surface area contributed by atoms with Crippen LogP contribution >= 0.6 is 23.2 Å². The van der Waals surface area contributed by atoms with E-state index < -0.39 is 5.97 Å². The smallest absolute Gasteiger partial charge is 0.336 e. The average Bonchev–Trinajstić information content (AvgIpc) is 3.91. The van der Waals surface area contributed by atoms with E-state index in [-0.39, 0.29) is 18.0 Å². The Morgan fingerprint density at radius 3 is 2.02 bits per heavy atom. The molecular formula is C38H36Cl2N6O6. The number of ether oxygens (including phenoxy) is 2. The molecule has 12 nitrogen and oxygen atoms in total. The van der Waals surface area contributed by atoms with Crippen LogP contribution in [0.25, 0.3) is 44.6 Å². The van der Waals surface area contributed by atoms with Crippen molar-refractivity contribution < 1.29 is 29.1 Å². The zero-order valence-electron chi connectivity index (χ0n) is 28.6. The second kappa shape index (κ2) is 16.8. The van der Waals surface area contributed by atoms with E-state index >= 15 is 0 Å². The van der Waals surface area contributed by atoms with Gasteiger partial charge in [-0.1, -0.05) is 45.6 Å². The minimum absolute atomic E-state index is 0.0213. The fourth-order valence-electron chi connectivity index (χ4n) is 5.05. The Labute approximate surface area is 308 Å². The third-order valence-electron chi connectivity index (χ3n) is 7.33. The average molecular weight is 744 g/mol. The maximum atomic E-state index is 10.7. The topological polar surface area (TPSA) is 185 Å². The summed E-state index contributed by atoms with van der Waals surface area (Å²) in [6.07, 6.45) is 3.73. The van der Waals surface area contributed by atoms with Crippen molar-refractivity contribution in [3.8, 4) is 34.3 Å². The van der Waals surface area contributed by atoms with Crippen LogP contribution in [0.5, 0.6) is 11.5 Å². The summed E-state index contributed by atoms with van der Waals surface area (Å²) in [4.78, 5) is 21.3. The number of nitrogens with one attached hydrogen (secondary N) is 2. The number of hydrogen-bond acceptors (Lipinski definition) is 8. The highest BCUT2D eigenvalue weighted by atomic mass is 35.5. The minimum atomic E-state index is -0.889. The molecule has 0 aliphatic carbocycles. The second-order valence-corrected chi connectivity index (χ2v) is 12.6. The van der Waals surface area contributed by atoms with Crippen molar-refractivity contribution in [2.24, 2.45) is 10.9 Å². The maximum Gasteiger partial charge on any atom is 0.336 e. The summed E-state index contributed by atoms with van der Waals surface area (Å²) >= 11 is 12.3. The number of benzene rings is 4. The molecule has 6 N–H and O–H groups in total. The lowest BCUT2D eigenvalue weighted by Crippen LogP contribution is -2.13. The Hall–Kier alpha value is -5.98. The van der Waals surface area contributed by atoms with Crippen LogP contribution in [0.15, 0.2) is 107 Å². The van der Waals surface area contributed by atoms with Gasteiger partial charge in [-0.3, -0.25) is 0 Å². The van der Waals surface area contributed by atoms with Crippen LogP contribution in [0, 0.1) is 0 Å². The number of aromatic carboxylic acids is 1. The number of halogens is 2. The molecule has 3 heterocycles. The van der Waals surface area contributed by atoms with Gasteiger partial charge in [0, 0.05) is 50.9 Å². The van der Waals surface area contributed by atoms with E-state index in [4.69, 9.17) is 53.2 Å². The molecule has 0 fully saturated rings. The molecule has 4 aromatic carbocycles. The molecule has 0 saturated carbocycles. The standard InChI is InChI=1S/C19H16ClN3O2.C10H13ClN2O2.C9H7NO2/c1-11(2)24-17-7-6-12(10-15(17)20)18-22-19(25-23-18)14-4-3-5-16-13(14)8-9-21-16;1-6(2)15-9-4-3-7(5-8(9)11)10(12)13-14;11-9(12)7-2-1-3-8-6(7)4-5-10-8/h3-11,21H,1-2H3;3-6,14H,1-2H3,(H2,12,13);1-5,10H,(H,11,12). The normalized spacial score (nSPS) is 11.3. The highest BCUT2D eigenvalue weighted by Gasteiger charge is 2.15. The number of nitrogens with two attached hydrogens (primary N) is 1. The molecule has 0 amide bonds. The number of aromatic nitrogens is 4. The molecule has 0 saturated heterocycles. The highest BCUT2D eigenvalue weighted by Crippen LogP contribution is 2.32. The molecule has 14 heteroatoms. The number of hydrogen-bond donors (Lipinski definition) is 5. The molecule has 0 spiro atoms. The fraction of sp³-hybridized carbons (Fsp3) is 0.158. The van der Waals surface area contributed by atoms with Crippen molar-refractivity contribution >= 4 is 56.8 Å². The molecule has 268 valence electrons. The van der Waals surface area contributed by atoms with Crippen LogP contribution in [-0.4, -0.2) is 54.4 Å². The van der Waals surface area contributed by atoms with Gasteiger partial charge in [0.25, 0.3) is 5.89 Å². The van der Waals surface area contributed by atoms with Gasteiger partial charge in [-0.2, -0.15) is 4.98 Å². The number of carboxylic acids is 1. The first-order chi connectivity index (χ1) is 24.9. The molecule has 0 atom stereocenters. The Balaban J connectivity index is 0.000000165. The number of amidine groups is 1. The number of fused-ring (bicyclic) bond motifs is 2. The summed E-state index contributed by atoms with van der Waals surface area (Å²) in [7, 11) is 0. The summed E-state index contributed by atoms with van der Waals surface area (Å²) in [6.45, 7) is 7.73. The van der Waals surface area contributed by atoms with Gasteiger partial charge in [-0.15, -0.1) is 0 Å². The molecule has 0 aliphatic heterocycles. The highest BCUT2D eigenvalue weighted by molar-refractivity contribution is 6.32. The van der Waals surface area contributed by atoms with Crippen LogP contribution in [-0.2, 0) is 0 Å². The Morgan fingerprint density at radius 2 is 1.42 bits per heavy atom. The van der Waals surface area contributed by atoms with E-state index in [2.05, 4.69) is 25.3 Å². The van der Waals surface area contributed by atoms with Crippen molar-refractivity contribution in [3.63, 3.8) is 0 Å². The molecule has 0 bridgehead atoms. The summed E-state index contributed by atoms with van der Waals surface area (Å²) in [6, 6.07) is 25.3. The number of aromatic amines is 2. The third-order valence-corrected chi connectivity index (χ3v) is 7.92. The molecule has 0 aliphatic rings. The van der Waals surface area contributed by atoms with Crippen LogP contribution < -0.4 is 15.2 Å². The molecule has 3 aromatic heterocycles. The predicted octanol–water partition coefficient (Wildman–Crippen LogP) is 9.41. The van der Waals surface area contributed by atoms with Gasteiger partial charge in [0.15, 0.2) is 5.84 Å². The number of rotatable bonds is 8. The molecule has 7 aromatic rings. The van der Waals surface area contributed by atoms with Gasteiger partial charge >= 0.3 is 5.97 Å². The fourth-order valence-corrected chi connectivity index (χ4v) is 5.50. The molecule has 0 radical (unpaired) electrons. The van der Waals surface area contributed by atoms with Crippen LogP contribution in [0.3, 0.4) is 0 Å². The van der Waals surface area contributed by atoms with Gasteiger partial charge in [0.1, 0.15) is 11.5 Å². The van der Waals surface area contributed by atoms with Gasteiger partial charge < -0.3 is 40.0 Å². The van der Waals surface area contributed by atoms with Crippen LogP contribution in [0.2, 0.25) is 10.0 Å². The van der Waals surface area contributed by atoms with Crippen LogP contribution in [0.1, 0.15) is 43.6 Å². The first-order valence-electron chi connectivity index (χ1n) is 16.1. The van der Waals surface area contributed by atoms with E-state index in [0.29, 0.717) is 44.4 Å². The zero-order chi connectivity index (χ0) is 37.4. The summed E-state index contributed by atoms with van der Waals surface area (Å²) in [5, 5.41) is 27.0. The van der Waals surface area contributed by atoms with Crippen molar-refractivity contribution in [1.29, 1.82) is 0 Å². The Bertz CT molecular complexity index is 2330. The monoisotopic (exact) mass is 742 g/mol. The maximum absolute atomic E-state index is 10.7. The third kappa shape index (κ3) is 9.02. The largest absolute Gasteiger partial charge is 0.489 e. The van der Waals surface area contributed by atoms with Gasteiger partial charge in [0.05, 0.1) is 27.8 Å². The van der Waals surface area contributed by atoms with Crippen LogP contribution in [0.4, 0.5) is 0 Å². The Kier molecular flexibility index (Phi) is 12.1. The second-order valence-electron chi connectivity index (χ2n) is 11.8. The summed E-state index contributed by atoms with van der Waals surface area (Å²) < 4.78 is 16.6. The van der Waals surface area contributed by atoms with Crippen molar-refractivity contribution in [3.05, 3.63) is 118 Å². The lowest BCUT2D eigenvalue weighted by molar-refractivity contribution is 0.0699. The molecule has 0 unspecified atom stereocenters. The number of oxime groups is 1. The predicted molar refractivity (Wildman–Crippen MR) is 203 cm³/mol. The van der Waals surface area contributed by atoms with Gasteiger partial charge in [-0.05, 0) is 100 Å². The van der Waals surface area contributed by atoms with E-state index in [0.717, 1.165) is 32.9 Å². The van der Waals surface area contributed by atoms with E-state index in [9.17, 15) is 4.79 Å². The SMILES string of the molecule is CC(C)Oc1ccc(-c2noc(-c3cccc4[nH]ccc34)n2)cc1Cl.CC(C)Oc1ccc(/C(N)=N/O)cc1Cl.O=C(O)c1cccc2[nH]ccc12. The van der Waals surface area contributed by atoms with E-state index in [1.165, 1.54) is 0 Å². The van der Waals surface area contributed by atoms with Gasteiger partial charge in [-0.25, -0.2) is 4.79 Å². The number of carboxylic acid groups (broad SMARTS) is 1. The van der Waals surface area contributed by atoms with Crippen molar-refractivity contribution in [2.75, 3.05) is 0 Å². The quantitative estimate of drug-likeness (QED) is 0.0438.